The fraction of sp³-hybridized carbons (Fsp3) is 0.375. The lowest BCUT2D eigenvalue weighted by atomic mass is 9.97. The van der Waals surface area contributed by atoms with Crippen molar-refractivity contribution in [2.75, 3.05) is 17.2 Å². The van der Waals surface area contributed by atoms with Gasteiger partial charge in [-0.3, -0.25) is 9.48 Å². The van der Waals surface area contributed by atoms with E-state index in [4.69, 9.17) is 0 Å². The van der Waals surface area contributed by atoms with Gasteiger partial charge in [-0.15, -0.1) is 0 Å². The molecule has 1 aliphatic heterocycles. The van der Waals surface area contributed by atoms with Crippen LogP contribution in [0.15, 0.2) is 30.6 Å². The van der Waals surface area contributed by atoms with Crippen LogP contribution in [-0.2, 0) is 6.42 Å². The Kier molecular flexibility index (Phi) is 3.64. The zero-order valence-corrected chi connectivity index (χ0v) is 12.4. The number of fused-ring (bicyclic) bond motifs is 1. The maximum atomic E-state index is 12.5. The summed E-state index contributed by atoms with van der Waals surface area (Å²) in [6.07, 6.45) is 5.54. The lowest BCUT2D eigenvalue weighted by molar-refractivity contribution is 0.102. The Bertz CT molecular complexity index is 660. The fourth-order valence-electron chi connectivity index (χ4n) is 2.61. The minimum Gasteiger partial charge on any atom is -0.385 e. The fourth-order valence-corrected chi connectivity index (χ4v) is 2.61. The molecular formula is C16H20N4O. The lowest BCUT2D eigenvalue weighted by Crippen LogP contribution is -2.19. The van der Waals surface area contributed by atoms with Crippen LogP contribution >= 0.6 is 0 Å². The molecule has 3 rings (SSSR count). The van der Waals surface area contributed by atoms with Crippen molar-refractivity contribution in [2.24, 2.45) is 0 Å². The minimum atomic E-state index is -0.0705. The van der Waals surface area contributed by atoms with E-state index in [1.807, 2.05) is 29.1 Å². The van der Waals surface area contributed by atoms with Crippen molar-refractivity contribution < 1.29 is 4.79 Å². The highest BCUT2D eigenvalue weighted by atomic mass is 16.1. The number of hydrogen-bond donors (Lipinski definition) is 2. The van der Waals surface area contributed by atoms with Gasteiger partial charge in [0.2, 0.25) is 0 Å². The Labute approximate surface area is 124 Å². The third-order valence-corrected chi connectivity index (χ3v) is 3.73. The molecule has 21 heavy (non-hydrogen) atoms. The van der Waals surface area contributed by atoms with Crippen LogP contribution in [0.25, 0.3) is 0 Å². The summed E-state index contributed by atoms with van der Waals surface area (Å²) in [4.78, 5) is 12.5. The number of aromatic nitrogens is 2. The molecule has 5 heteroatoms. The number of nitrogens with zero attached hydrogens (tertiary/aromatic N) is 2. The van der Waals surface area contributed by atoms with Crippen molar-refractivity contribution in [3.8, 4) is 0 Å². The number of carbonyl (C=O) groups is 1. The van der Waals surface area contributed by atoms with Crippen LogP contribution in [0.3, 0.4) is 0 Å². The van der Waals surface area contributed by atoms with Crippen LogP contribution in [0.1, 0.15) is 42.2 Å². The number of rotatable bonds is 3. The van der Waals surface area contributed by atoms with Crippen molar-refractivity contribution >= 4 is 17.3 Å². The summed E-state index contributed by atoms with van der Waals surface area (Å²) in [5, 5.41) is 10.5. The molecule has 0 saturated carbocycles. The van der Waals surface area contributed by atoms with E-state index in [2.05, 4.69) is 29.6 Å². The molecule has 1 aromatic heterocycles. The van der Waals surface area contributed by atoms with Crippen LogP contribution < -0.4 is 10.6 Å². The smallest absolute Gasteiger partial charge is 0.256 e. The van der Waals surface area contributed by atoms with Gasteiger partial charge in [-0.2, -0.15) is 5.10 Å². The quantitative estimate of drug-likeness (QED) is 0.910. The van der Waals surface area contributed by atoms with Gasteiger partial charge < -0.3 is 10.6 Å². The highest BCUT2D eigenvalue weighted by Crippen LogP contribution is 2.26. The predicted octanol–water partition coefficient (Wildman–Crippen LogP) is 3.07. The van der Waals surface area contributed by atoms with Gasteiger partial charge >= 0.3 is 0 Å². The number of nitrogens with one attached hydrogen (secondary N) is 2. The molecule has 0 atom stereocenters. The minimum absolute atomic E-state index is 0.0705. The second-order valence-electron chi connectivity index (χ2n) is 5.62. The topological polar surface area (TPSA) is 59.0 Å². The largest absolute Gasteiger partial charge is 0.385 e. The Balaban J connectivity index is 1.82. The van der Waals surface area contributed by atoms with Crippen LogP contribution in [0, 0.1) is 0 Å². The monoisotopic (exact) mass is 284 g/mol. The van der Waals surface area contributed by atoms with E-state index in [1.54, 1.807) is 6.20 Å². The van der Waals surface area contributed by atoms with Crippen LogP contribution in [0.5, 0.6) is 0 Å². The zero-order valence-electron chi connectivity index (χ0n) is 12.4. The van der Waals surface area contributed by atoms with E-state index in [-0.39, 0.29) is 11.9 Å². The van der Waals surface area contributed by atoms with Gasteiger partial charge in [0.25, 0.3) is 5.91 Å². The second kappa shape index (κ2) is 5.60. The van der Waals surface area contributed by atoms with Gasteiger partial charge in [0.1, 0.15) is 0 Å². The average Bonchev–Trinajstić information content (AvgIpc) is 2.95. The SMILES string of the molecule is CC(C)n1cc(NC(=O)c2cccc3c2CCCN3)cn1. The molecule has 110 valence electrons. The maximum absolute atomic E-state index is 12.5. The summed E-state index contributed by atoms with van der Waals surface area (Å²) < 4.78 is 1.83. The summed E-state index contributed by atoms with van der Waals surface area (Å²) in [6.45, 7) is 5.08. The second-order valence-corrected chi connectivity index (χ2v) is 5.62. The van der Waals surface area contributed by atoms with Gasteiger partial charge in [-0.1, -0.05) is 6.07 Å². The van der Waals surface area contributed by atoms with E-state index >= 15 is 0 Å². The molecule has 0 spiro atoms. The average molecular weight is 284 g/mol. The van der Waals surface area contributed by atoms with E-state index in [9.17, 15) is 4.79 Å². The Morgan fingerprint density at radius 2 is 2.29 bits per heavy atom. The molecule has 0 fully saturated rings. The highest BCUT2D eigenvalue weighted by Gasteiger charge is 2.17. The van der Waals surface area contributed by atoms with Gasteiger partial charge in [-0.05, 0) is 44.4 Å². The van der Waals surface area contributed by atoms with Crippen molar-refractivity contribution in [2.45, 2.75) is 32.7 Å². The van der Waals surface area contributed by atoms with Gasteiger partial charge in [-0.25, -0.2) is 0 Å². The van der Waals surface area contributed by atoms with Crippen LogP contribution in [0.2, 0.25) is 0 Å². The first kappa shape index (κ1) is 13.7. The van der Waals surface area contributed by atoms with E-state index in [0.717, 1.165) is 41.9 Å². The molecule has 0 bridgehead atoms. The van der Waals surface area contributed by atoms with E-state index in [0.29, 0.717) is 0 Å². The van der Waals surface area contributed by atoms with Crippen molar-refractivity contribution in [1.29, 1.82) is 0 Å². The maximum Gasteiger partial charge on any atom is 0.256 e. The Morgan fingerprint density at radius 3 is 3.05 bits per heavy atom. The van der Waals surface area contributed by atoms with Crippen LogP contribution in [-0.4, -0.2) is 22.2 Å². The Hall–Kier alpha value is -2.30. The standard InChI is InChI=1S/C16H20N4O/c1-11(2)20-10-12(9-18-20)19-16(21)14-5-3-7-15-13(14)6-4-8-17-15/h3,5,7,9-11,17H,4,6,8H2,1-2H3,(H,19,21). The van der Waals surface area contributed by atoms with Crippen molar-refractivity contribution in [3.05, 3.63) is 41.7 Å². The molecule has 2 aromatic rings. The first-order chi connectivity index (χ1) is 10.1. The number of amides is 1. The summed E-state index contributed by atoms with van der Waals surface area (Å²) in [5.41, 5.74) is 3.66. The molecule has 0 saturated heterocycles. The molecule has 2 heterocycles. The zero-order chi connectivity index (χ0) is 14.8. The number of benzene rings is 1. The molecule has 5 nitrogen and oxygen atoms in total. The highest BCUT2D eigenvalue weighted by molar-refractivity contribution is 6.06. The number of hydrogen-bond acceptors (Lipinski definition) is 3. The van der Waals surface area contributed by atoms with E-state index < -0.39 is 0 Å². The molecule has 1 aromatic carbocycles. The van der Waals surface area contributed by atoms with E-state index in [1.165, 1.54) is 0 Å². The molecule has 2 N–H and O–H groups in total. The molecular weight excluding hydrogens is 264 g/mol. The van der Waals surface area contributed by atoms with Crippen molar-refractivity contribution in [1.82, 2.24) is 9.78 Å². The molecule has 0 unspecified atom stereocenters. The molecule has 1 amide bonds. The Morgan fingerprint density at radius 1 is 1.43 bits per heavy atom. The summed E-state index contributed by atoms with van der Waals surface area (Å²) in [5.74, 6) is -0.0705. The summed E-state index contributed by atoms with van der Waals surface area (Å²) >= 11 is 0. The molecule has 0 aliphatic carbocycles. The first-order valence-corrected chi connectivity index (χ1v) is 7.36. The van der Waals surface area contributed by atoms with Crippen LogP contribution in [0.4, 0.5) is 11.4 Å². The van der Waals surface area contributed by atoms with Gasteiger partial charge in [0.15, 0.2) is 0 Å². The first-order valence-electron chi connectivity index (χ1n) is 7.36. The third kappa shape index (κ3) is 2.77. The molecule has 1 aliphatic rings. The van der Waals surface area contributed by atoms with Gasteiger partial charge in [0.05, 0.1) is 11.9 Å². The number of carbonyl (C=O) groups excluding carboxylic acids is 1. The predicted molar refractivity (Wildman–Crippen MR) is 83.8 cm³/mol. The molecule has 0 radical (unpaired) electrons. The van der Waals surface area contributed by atoms with Gasteiger partial charge in [0, 0.05) is 30.0 Å². The lowest BCUT2D eigenvalue weighted by Gasteiger charge is -2.20. The third-order valence-electron chi connectivity index (χ3n) is 3.73. The normalized spacial score (nSPS) is 13.7. The summed E-state index contributed by atoms with van der Waals surface area (Å²) in [7, 11) is 0. The summed E-state index contributed by atoms with van der Waals surface area (Å²) in [6, 6.07) is 6.11. The number of anilines is 2. The van der Waals surface area contributed by atoms with Crippen molar-refractivity contribution in [3.63, 3.8) is 0 Å².